The molecule has 9 heteroatoms. The van der Waals surface area contributed by atoms with E-state index in [1.54, 1.807) is 6.07 Å². The third-order valence-corrected chi connectivity index (χ3v) is 5.45. The monoisotopic (exact) mass is 386 g/mol. The van der Waals surface area contributed by atoms with Crippen molar-refractivity contribution in [3.05, 3.63) is 47.4 Å². The molecule has 2 aliphatic heterocycles. The molecule has 1 aromatic heterocycles. The summed E-state index contributed by atoms with van der Waals surface area (Å²) in [6, 6.07) is 6.43. The average molecular weight is 386 g/mol. The summed E-state index contributed by atoms with van der Waals surface area (Å²) >= 11 is 0. The molecule has 2 fully saturated rings. The maximum Gasteiger partial charge on any atom is 0.416 e. The molecule has 1 aromatic carbocycles. The van der Waals surface area contributed by atoms with Crippen molar-refractivity contribution >= 4 is 13.9 Å². The second-order valence-corrected chi connectivity index (χ2v) is 7.39. The lowest BCUT2D eigenvalue weighted by molar-refractivity contribution is -0.137. The third-order valence-electron chi connectivity index (χ3n) is 5.45. The number of hydrogen-bond acceptors (Lipinski definition) is 4. The molecule has 0 aliphatic carbocycles. The van der Waals surface area contributed by atoms with Crippen molar-refractivity contribution in [3.63, 3.8) is 0 Å². The van der Waals surface area contributed by atoms with Gasteiger partial charge in [0.05, 0.1) is 22.8 Å². The first-order valence-electron chi connectivity index (χ1n) is 9.05. The minimum absolute atomic E-state index is 0.120. The van der Waals surface area contributed by atoms with Gasteiger partial charge in [-0.2, -0.15) is 13.2 Å². The van der Waals surface area contributed by atoms with Crippen LogP contribution in [0.2, 0.25) is 0 Å². The number of amides is 1. The van der Waals surface area contributed by atoms with Crippen LogP contribution in [0.1, 0.15) is 42.4 Å². The number of aromatic nitrogens is 2. The Kier molecular flexibility index (Phi) is 4.45. The van der Waals surface area contributed by atoms with E-state index in [2.05, 4.69) is 15.3 Å². The summed E-state index contributed by atoms with van der Waals surface area (Å²) in [6.45, 7) is 2.32. The number of nitrogens with one attached hydrogen (secondary N) is 1. The van der Waals surface area contributed by atoms with Gasteiger partial charge in [0.15, 0.2) is 0 Å². The molecule has 144 valence electrons. The van der Waals surface area contributed by atoms with Gasteiger partial charge in [-0.05, 0) is 44.4 Å². The van der Waals surface area contributed by atoms with Gasteiger partial charge >= 0.3 is 6.18 Å². The molecule has 2 radical (unpaired) electrons. The summed E-state index contributed by atoms with van der Waals surface area (Å²) in [4.78, 5) is 22.7. The summed E-state index contributed by atoms with van der Waals surface area (Å²) in [5, 5.41) is 3.35. The Morgan fingerprint density at radius 2 is 1.93 bits per heavy atom. The van der Waals surface area contributed by atoms with Crippen molar-refractivity contribution in [2.45, 2.75) is 43.9 Å². The molecule has 3 heterocycles. The zero-order valence-electron chi connectivity index (χ0n) is 15.3. The minimum atomic E-state index is -4.38. The molecule has 2 atom stereocenters. The van der Waals surface area contributed by atoms with Gasteiger partial charge in [-0.1, -0.05) is 12.1 Å². The number of halogens is 3. The second kappa shape index (κ2) is 6.58. The number of nitrogens with zero attached hydrogens (tertiary/aromatic N) is 3. The quantitative estimate of drug-likeness (QED) is 0.807. The lowest BCUT2D eigenvalue weighted by Gasteiger charge is -2.23. The fourth-order valence-electron chi connectivity index (χ4n) is 3.95. The van der Waals surface area contributed by atoms with E-state index in [1.807, 2.05) is 6.92 Å². The second-order valence-electron chi connectivity index (χ2n) is 7.39. The van der Waals surface area contributed by atoms with Crippen LogP contribution in [0, 0.1) is 6.92 Å². The van der Waals surface area contributed by atoms with Crippen LogP contribution in [0.3, 0.4) is 0 Å². The highest BCUT2D eigenvalue weighted by Gasteiger charge is 2.50. The van der Waals surface area contributed by atoms with Gasteiger partial charge in [0.2, 0.25) is 13.9 Å². The highest BCUT2D eigenvalue weighted by Crippen LogP contribution is 2.38. The van der Waals surface area contributed by atoms with Gasteiger partial charge in [-0.25, -0.2) is 9.97 Å². The van der Waals surface area contributed by atoms with E-state index in [0.717, 1.165) is 12.1 Å². The summed E-state index contributed by atoms with van der Waals surface area (Å²) < 4.78 is 38.4. The van der Waals surface area contributed by atoms with E-state index < -0.39 is 17.3 Å². The fraction of sp³-hybridized carbons (Fsp3) is 0.421. The summed E-state index contributed by atoms with van der Waals surface area (Å²) in [5.74, 6) is 0.417. The Morgan fingerprint density at radius 1 is 1.21 bits per heavy atom. The van der Waals surface area contributed by atoms with Crippen LogP contribution in [0.25, 0.3) is 11.3 Å². The van der Waals surface area contributed by atoms with Crippen molar-refractivity contribution in [2.24, 2.45) is 0 Å². The Hall–Kier alpha value is -2.42. The normalized spacial score (nSPS) is 25.1. The molecule has 4 rings (SSSR count). The highest BCUT2D eigenvalue weighted by atomic mass is 19.4. The smallest absolute Gasteiger partial charge is 0.395 e. The Morgan fingerprint density at radius 3 is 2.54 bits per heavy atom. The number of carbonyl (C=O) groups is 1. The Balaban J connectivity index is 1.61. The van der Waals surface area contributed by atoms with Gasteiger partial charge in [-0.3, -0.25) is 10.1 Å². The first-order valence-corrected chi connectivity index (χ1v) is 9.05. The Labute approximate surface area is 161 Å². The minimum Gasteiger partial charge on any atom is -0.395 e. The van der Waals surface area contributed by atoms with Crippen molar-refractivity contribution in [3.8, 4) is 11.3 Å². The van der Waals surface area contributed by atoms with E-state index >= 15 is 0 Å². The van der Waals surface area contributed by atoms with Crippen molar-refractivity contribution < 1.29 is 18.0 Å². The average Bonchev–Trinajstić information content (AvgIpc) is 3.21. The molecule has 2 aromatic rings. The van der Waals surface area contributed by atoms with Gasteiger partial charge in [0, 0.05) is 17.8 Å². The number of carbonyl (C=O) groups excluding carboxylic acids is 1. The van der Waals surface area contributed by atoms with Crippen LogP contribution in [-0.2, 0) is 11.0 Å². The first-order chi connectivity index (χ1) is 13.2. The highest BCUT2D eigenvalue weighted by molar-refractivity contribution is 6.17. The number of aryl methyl sites for hydroxylation is 1. The molecule has 28 heavy (non-hydrogen) atoms. The lowest BCUT2D eigenvalue weighted by atomic mass is 9.96. The predicted molar refractivity (Wildman–Crippen MR) is 97.1 cm³/mol. The maximum atomic E-state index is 12.8. The van der Waals surface area contributed by atoms with Crippen LogP contribution in [0.5, 0.6) is 0 Å². The lowest BCUT2D eigenvalue weighted by Crippen LogP contribution is -2.47. The molecule has 1 amide bonds. The zero-order chi connectivity index (χ0) is 20.1. The van der Waals surface area contributed by atoms with E-state index in [1.165, 1.54) is 16.9 Å². The van der Waals surface area contributed by atoms with Gasteiger partial charge < -0.3 is 4.81 Å². The summed E-state index contributed by atoms with van der Waals surface area (Å²) in [7, 11) is 5.72. The molecule has 5 nitrogen and oxygen atoms in total. The SMILES string of the molecule is [B]N1CCC2(CCC(c3nc(C)cc(-c4ccc(C(F)(F)F)cc4)n3)N2)C1=O. The largest absolute Gasteiger partial charge is 0.416 e. The zero-order valence-corrected chi connectivity index (χ0v) is 15.3. The van der Waals surface area contributed by atoms with Gasteiger partial charge in [0.1, 0.15) is 5.82 Å². The Bertz CT molecular complexity index is 918. The van der Waals surface area contributed by atoms with Gasteiger partial charge in [0.25, 0.3) is 0 Å². The van der Waals surface area contributed by atoms with Crippen LogP contribution in [0.15, 0.2) is 30.3 Å². The molecule has 1 spiro atoms. The number of rotatable bonds is 2. The molecule has 0 saturated carbocycles. The number of hydrogen-bond donors (Lipinski definition) is 1. The summed E-state index contributed by atoms with van der Waals surface area (Å²) in [6.07, 6.45) is -2.40. The van der Waals surface area contributed by atoms with Gasteiger partial charge in [-0.15, -0.1) is 0 Å². The van der Waals surface area contributed by atoms with E-state index in [9.17, 15) is 18.0 Å². The molecule has 1 N–H and O–H groups in total. The van der Waals surface area contributed by atoms with E-state index in [-0.39, 0.29) is 11.9 Å². The molecular weight excluding hydrogens is 368 g/mol. The van der Waals surface area contributed by atoms with Crippen molar-refractivity contribution in [2.75, 3.05) is 6.54 Å². The van der Waals surface area contributed by atoms with Crippen LogP contribution < -0.4 is 5.32 Å². The standard InChI is InChI=1S/C19H18BF3N4O/c1-11-10-15(12-2-4-13(5-3-12)19(21,22)23)25-16(24-11)14-6-7-18(26-14)8-9-27(20)17(18)28/h2-5,10,14,26H,6-9H2,1H3. The molecule has 2 unspecified atom stereocenters. The predicted octanol–water partition coefficient (Wildman–Crippen LogP) is 2.95. The third kappa shape index (κ3) is 3.28. The summed E-state index contributed by atoms with van der Waals surface area (Å²) in [5.41, 5.74) is 0.476. The topological polar surface area (TPSA) is 58.1 Å². The fourth-order valence-corrected chi connectivity index (χ4v) is 3.95. The molecule has 2 saturated heterocycles. The molecule has 2 aliphatic rings. The van der Waals surface area contributed by atoms with Crippen LogP contribution in [0.4, 0.5) is 13.2 Å². The van der Waals surface area contributed by atoms with Crippen molar-refractivity contribution in [1.82, 2.24) is 20.1 Å². The molecule has 0 bridgehead atoms. The van der Waals surface area contributed by atoms with E-state index in [0.29, 0.717) is 48.6 Å². The maximum absolute atomic E-state index is 12.8. The number of alkyl halides is 3. The first kappa shape index (κ1) is 18.9. The molecular formula is C19H18BF3N4O. The van der Waals surface area contributed by atoms with E-state index in [4.69, 9.17) is 7.98 Å². The van der Waals surface area contributed by atoms with Crippen LogP contribution in [-0.4, -0.2) is 40.8 Å². The number of benzene rings is 1. The van der Waals surface area contributed by atoms with Crippen molar-refractivity contribution in [1.29, 1.82) is 0 Å². The van der Waals surface area contributed by atoms with Crippen LogP contribution >= 0.6 is 0 Å².